The summed E-state index contributed by atoms with van der Waals surface area (Å²) < 4.78 is 6.36. The molecule has 6 aromatic rings. The van der Waals surface area contributed by atoms with Crippen LogP contribution in [0.4, 0.5) is 17.1 Å². The fourth-order valence-corrected chi connectivity index (χ4v) is 12.4. The Labute approximate surface area is 296 Å². The van der Waals surface area contributed by atoms with E-state index in [1.807, 2.05) is 0 Å². The number of furan rings is 1. The van der Waals surface area contributed by atoms with Gasteiger partial charge in [-0.05, 0) is 155 Å². The summed E-state index contributed by atoms with van der Waals surface area (Å²) >= 11 is 0. The van der Waals surface area contributed by atoms with E-state index in [1.165, 1.54) is 95.0 Å². The van der Waals surface area contributed by atoms with Crippen LogP contribution in [-0.2, 0) is 16.2 Å². The Kier molecular flexibility index (Phi) is 5.85. The van der Waals surface area contributed by atoms with Crippen LogP contribution < -0.4 is 4.90 Å². The topological polar surface area (TPSA) is 16.4 Å². The van der Waals surface area contributed by atoms with Crippen molar-refractivity contribution < 1.29 is 4.42 Å². The second kappa shape index (κ2) is 9.93. The molecule has 0 amide bonds. The lowest BCUT2D eigenvalue weighted by Gasteiger charge is -2.61. The minimum absolute atomic E-state index is 0.0573. The molecule has 6 aliphatic rings. The molecule has 12 rings (SSSR count). The predicted octanol–water partition coefficient (Wildman–Crippen LogP) is 13.1. The molecule has 4 bridgehead atoms. The summed E-state index contributed by atoms with van der Waals surface area (Å²) in [6.45, 7) is 9.83. The van der Waals surface area contributed by atoms with Crippen molar-refractivity contribution in [3.63, 3.8) is 0 Å². The molecule has 4 saturated carbocycles. The standard InChI is InChI=1S/C48H47NO/c1-46(2)20-21-47(3,4)45-40(46)13-9-14-42(45)49(33-17-19-44-38(27-33)37-11-6-8-15-43(37)50-44)34-16-18-36-35-10-5-7-12-39(35)48(41(36)28-34)31-23-29-22-30(25-31)26-32(48)24-29/h5-19,27-32H,20-26H2,1-4H3. The minimum atomic E-state index is 0.0573. The SMILES string of the molecule is CC1(C)CCC(C)(C)c2c(N(c3ccc4c(c3)C3(c5ccccc5-4)C4CC5CC(C4)CC3C5)c3ccc4oc5ccccc5c4c3)cccc21. The van der Waals surface area contributed by atoms with Gasteiger partial charge in [0.1, 0.15) is 11.2 Å². The first kappa shape index (κ1) is 29.4. The summed E-state index contributed by atoms with van der Waals surface area (Å²) in [5, 5.41) is 2.36. The van der Waals surface area contributed by atoms with Gasteiger partial charge in [0.25, 0.3) is 0 Å². The minimum Gasteiger partial charge on any atom is -0.456 e. The molecule has 1 heterocycles. The van der Waals surface area contributed by atoms with Crippen LogP contribution in [0.1, 0.15) is 94.9 Å². The van der Waals surface area contributed by atoms with Gasteiger partial charge < -0.3 is 9.32 Å². The van der Waals surface area contributed by atoms with E-state index >= 15 is 0 Å². The Morgan fingerprint density at radius 3 is 2.00 bits per heavy atom. The van der Waals surface area contributed by atoms with Crippen LogP contribution in [0.3, 0.4) is 0 Å². The molecular formula is C48H47NO. The Balaban J connectivity index is 1.18. The molecule has 6 aliphatic carbocycles. The highest BCUT2D eigenvalue weighted by Crippen LogP contribution is 2.69. The maximum Gasteiger partial charge on any atom is 0.135 e. The van der Waals surface area contributed by atoms with E-state index in [-0.39, 0.29) is 16.2 Å². The molecule has 0 unspecified atom stereocenters. The van der Waals surface area contributed by atoms with Gasteiger partial charge in [0, 0.05) is 27.6 Å². The molecule has 0 N–H and O–H groups in total. The number of hydrogen-bond donors (Lipinski definition) is 0. The number of anilines is 3. The van der Waals surface area contributed by atoms with Crippen molar-refractivity contribution in [2.45, 2.75) is 88.9 Å². The average molecular weight is 654 g/mol. The van der Waals surface area contributed by atoms with Crippen molar-refractivity contribution in [3.05, 3.63) is 125 Å². The zero-order chi connectivity index (χ0) is 33.6. The number of para-hydroxylation sites is 1. The molecule has 4 fully saturated rings. The molecule has 5 aromatic carbocycles. The predicted molar refractivity (Wildman–Crippen MR) is 207 cm³/mol. The Morgan fingerprint density at radius 1 is 0.540 bits per heavy atom. The maximum absolute atomic E-state index is 6.36. The average Bonchev–Trinajstić information content (AvgIpc) is 3.62. The van der Waals surface area contributed by atoms with Gasteiger partial charge in [0.05, 0.1) is 5.69 Å². The summed E-state index contributed by atoms with van der Waals surface area (Å²) in [6, 6.07) is 39.6. The number of benzene rings is 5. The van der Waals surface area contributed by atoms with Crippen molar-refractivity contribution in [2.24, 2.45) is 23.7 Å². The first-order chi connectivity index (χ1) is 24.2. The molecule has 1 spiro atoms. The fourth-order valence-electron chi connectivity index (χ4n) is 12.4. The number of hydrogen-bond acceptors (Lipinski definition) is 2. The van der Waals surface area contributed by atoms with Crippen LogP contribution in [-0.4, -0.2) is 0 Å². The van der Waals surface area contributed by atoms with Crippen LogP contribution in [0, 0.1) is 23.7 Å². The largest absolute Gasteiger partial charge is 0.456 e. The quantitative estimate of drug-likeness (QED) is 0.189. The van der Waals surface area contributed by atoms with E-state index in [4.69, 9.17) is 4.42 Å². The van der Waals surface area contributed by atoms with Crippen LogP contribution >= 0.6 is 0 Å². The first-order valence-corrected chi connectivity index (χ1v) is 19.3. The number of rotatable bonds is 3. The highest BCUT2D eigenvalue weighted by molar-refractivity contribution is 6.06. The van der Waals surface area contributed by atoms with E-state index in [2.05, 4.69) is 136 Å². The van der Waals surface area contributed by atoms with Crippen LogP contribution in [0.25, 0.3) is 33.1 Å². The number of nitrogens with zero attached hydrogens (tertiary/aromatic N) is 1. The lowest BCUT2D eigenvalue weighted by molar-refractivity contribution is -0.0399. The van der Waals surface area contributed by atoms with Gasteiger partial charge in [-0.2, -0.15) is 0 Å². The Bertz CT molecular complexity index is 2340. The molecule has 0 atom stereocenters. The third-order valence-corrected chi connectivity index (χ3v) is 14.5. The van der Waals surface area contributed by atoms with Gasteiger partial charge in [0.15, 0.2) is 0 Å². The van der Waals surface area contributed by atoms with Crippen molar-refractivity contribution in [1.29, 1.82) is 0 Å². The summed E-state index contributed by atoms with van der Waals surface area (Å²) in [5.74, 6) is 3.33. The highest BCUT2D eigenvalue weighted by Gasteiger charge is 2.61. The van der Waals surface area contributed by atoms with Gasteiger partial charge in [-0.3, -0.25) is 0 Å². The third-order valence-electron chi connectivity index (χ3n) is 14.5. The zero-order valence-corrected chi connectivity index (χ0v) is 29.9. The third kappa shape index (κ3) is 3.81. The van der Waals surface area contributed by atoms with E-state index in [9.17, 15) is 0 Å². The smallest absolute Gasteiger partial charge is 0.135 e. The van der Waals surface area contributed by atoms with Crippen molar-refractivity contribution >= 4 is 39.0 Å². The summed E-state index contributed by atoms with van der Waals surface area (Å²) in [7, 11) is 0. The van der Waals surface area contributed by atoms with Crippen LogP contribution in [0.2, 0.25) is 0 Å². The van der Waals surface area contributed by atoms with Gasteiger partial charge in [-0.15, -0.1) is 0 Å². The van der Waals surface area contributed by atoms with Gasteiger partial charge in [0.2, 0.25) is 0 Å². The van der Waals surface area contributed by atoms with E-state index in [0.717, 1.165) is 34.8 Å². The second-order valence-corrected chi connectivity index (χ2v) is 18.0. The molecule has 0 saturated heterocycles. The highest BCUT2D eigenvalue weighted by atomic mass is 16.3. The Hall–Kier alpha value is -4.30. The van der Waals surface area contributed by atoms with E-state index in [0.29, 0.717) is 0 Å². The molecular weight excluding hydrogens is 607 g/mol. The summed E-state index contributed by atoms with van der Waals surface area (Å²) in [5.41, 5.74) is 15.2. The maximum atomic E-state index is 6.36. The van der Waals surface area contributed by atoms with E-state index in [1.54, 1.807) is 11.1 Å². The molecule has 2 heteroatoms. The van der Waals surface area contributed by atoms with Crippen LogP contribution in [0.15, 0.2) is 108 Å². The summed E-state index contributed by atoms with van der Waals surface area (Å²) in [6.07, 6.45) is 9.44. The molecule has 2 nitrogen and oxygen atoms in total. The van der Waals surface area contributed by atoms with Crippen LogP contribution in [0.5, 0.6) is 0 Å². The van der Waals surface area contributed by atoms with Gasteiger partial charge in [-0.1, -0.05) is 88.4 Å². The Morgan fingerprint density at radius 2 is 1.18 bits per heavy atom. The first-order valence-electron chi connectivity index (χ1n) is 19.3. The summed E-state index contributed by atoms with van der Waals surface area (Å²) in [4.78, 5) is 2.62. The zero-order valence-electron chi connectivity index (χ0n) is 29.9. The lowest BCUT2D eigenvalue weighted by atomic mass is 9.43. The molecule has 0 radical (unpaired) electrons. The molecule has 250 valence electrons. The van der Waals surface area contributed by atoms with Crippen molar-refractivity contribution in [1.82, 2.24) is 0 Å². The van der Waals surface area contributed by atoms with Gasteiger partial charge in [-0.25, -0.2) is 0 Å². The normalized spacial score (nSPS) is 27.8. The molecule has 0 aliphatic heterocycles. The monoisotopic (exact) mass is 653 g/mol. The fraction of sp³-hybridized carbons (Fsp3) is 0.375. The molecule has 50 heavy (non-hydrogen) atoms. The number of fused-ring (bicyclic) bond motifs is 7. The van der Waals surface area contributed by atoms with Crippen molar-refractivity contribution in [2.75, 3.05) is 4.90 Å². The van der Waals surface area contributed by atoms with Crippen molar-refractivity contribution in [3.8, 4) is 11.1 Å². The van der Waals surface area contributed by atoms with Gasteiger partial charge >= 0.3 is 0 Å². The molecule has 1 aromatic heterocycles. The van der Waals surface area contributed by atoms with E-state index < -0.39 is 0 Å². The lowest BCUT2D eigenvalue weighted by Crippen LogP contribution is -2.55. The second-order valence-electron chi connectivity index (χ2n) is 18.0.